The van der Waals surface area contributed by atoms with Gasteiger partial charge in [0.1, 0.15) is 5.75 Å². The van der Waals surface area contributed by atoms with E-state index in [4.69, 9.17) is 0 Å². The Morgan fingerprint density at radius 3 is 2.52 bits per heavy atom. The summed E-state index contributed by atoms with van der Waals surface area (Å²) in [5.41, 5.74) is 4.23. The second-order valence-corrected chi connectivity index (χ2v) is 9.53. The molecule has 1 fully saturated rings. The van der Waals surface area contributed by atoms with Gasteiger partial charge >= 0.3 is 0 Å². The van der Waals surface area contributed by atoms with Crippen LogP contribution in [0.2, 0.25) is 0 Å². The van der Waals surface area contributed by atoms with Crippen molar-refractivity contribution < 1.29 is 5.11 Å². The Morgan fingerprint density at radius 2 is 1.93 bits per heavy atom. The van der Waals surface area contributed by atoms with Crippen molar-refractivity contribution in [3.05, 3.63) is 28.8 Å². The molecular weight excluding hydrogens is 354 g/mol. The smallest absolute Gasteiger partial charge is 0.119 e. The fourth-order valence-electron chi connectivity index (χ4n) is 6.23. The number of phenols is 1. The van der Waals surface area contributed by atoms with Gasteiger partial charge in [-0.1, -0.05) is 40.2 Å². The maximum Gasteiger partial charge on any atom is 0.119 e. The zero-order valence-corrected chi connectivity index (χ0v) is 19.0. The molecule has 3 rings (SSSR count). The lowest BCUT2D eigenvalue weighted by atomic mass is 9.61. The first-order valence-corrected chi connectivity index (χ1v) is 11.4. The van der Waals surface area contributed by atoms with Crippen LogP contribution in [0.4, 0.5) is 0 Å². The summed E-state index contributed by atoms with van der Waals surface area (Å²) in [5.74, 6) is 3.10. The Hall–Kier alpha value is -1.93. The first-order chi connectivity index (χ1) is 13.8. The van der Waals surface area contributed by atoms with Crippen LogP contribution in [0.1, 0.15) is 89.3 Å². The Kier molecular flexibility index (Phi) is 7.82. The molecule has 0 spiro atoms. The predicted octanol–water partition coefficient (Wildman–Crippen LogP) is 6.86. The maximum atomic E-state index is 10.3. The highest BCUT2D eigenvalue weighted by Crippen LogP contribution is 2.55. The highest BCUT2D eigenvalue weighted by Gasteiger charge is 2.46. The van der Waals surface area contributed by atoms with Crippen LogP contribution in [0.25, 0.3) is 0 Å². The van der Waals surface area contributed by atoms with Crippen LogP contribution in [0.5, 0.6) is 5.75 Å². The van der Waals surface area contributed by atoms with Gasteiger partial charge in [0.2, 0.25) is 0 Å². The number of nitriles is 1. The quantitative estimate of drug-likeness (QED) is 0.568. The standard InChI is InChI=1S/C25H37NO.C2H2/c1-6-18-13-23-20(14-24(18)27)9-8-19-12-21(7-2)25(5,11-10-22(19)23)17(4)16(3)15-26;1-2/h13-14,16-17,19,21-22,27H,6-12H2,1-5H3;1-2H. The summed E-state index contributed by atoms with van der Waals surface area (Å²) in [7, 11) is 0. The van der Waals surface area contributed by atoms with E-state index in [0.717, 1.165) is 24.3 Å². The van der Waals surface area contributed by atoms with Crippen molar-refractivity contribution in [1.29, 1.82) is 5.26 Å². The third kappa shape index (κ3) is 4.33. The fraction of sp³-hybridized carbons (Fsp3) is 0.667. The second-order valence-electron chi connectivity index (χ2n) is 9.53. The highest BCUT2D eigenvalue weighted by atomic mass is 16.3. The van der Waals surface area contributed by atoms with Crippen LogP contribution in [0.3, 0.4) is 0 Å². The molecule has 2 aliphatic carbocycles. The van der Waals surface area contributed by atoms with Gasteiger partial charge in [0.25, 0.3) is 0 Å². The molecule has 1 N–H and O–H groups in total. The van der Waals surface area contributed by atoms with E-state index in [2.05, 4.69) is 59.6 Å². The Morgan fingerprint density at radius 1 is 1.24 bits per heavy atom. The number of hydrogen-bond donors (Lipinski definition) is 1. The second kappa shape index (κ2) is 9.71. The molecule has 0 saturated heterocycles. The van der Waals surface area contributed by atoms with Crippen LogP contribution >= 0.6 is 0 Å². The zero-order chi connectivity index (χ0) is 21.8. The number of hydrogen-bond acceptors (Lipinski definition) is 2. The minimum atomic E-state index is 0.111. The first-order valence-electron chi connectivity index (χ1n) is 11.4. The molecule has 2 aliphatic rings. The van der Waals surface area contributed by atoms with E-state index in [0.29, 0.717) is 23.5 Å². The van der Waals surface area contributed by atoms with Crippen LogP contribution < -0.4 is 0 Å². The van der Waals surface area contributed by atoms with Crippen molar-refractivity contribution >= 4 is 0 Å². The average Bonchev–Trinajstić information content (AvgIpc) is 2.90. The number of fused-ring (bicyclic) bond motifs is 3. The van der Waals surface area contributed by atoms with Crippen molar-refractivity contribution in [3.63, 3.8) is 0 Å². The summed E-state index contributed by atoms with van der Waals surface area (Å²) in [5, 5.41) is 19.8. The van der Waals surface area contributed by atoms with Gasteiger partial charge in [-0.15, -0.1) is 12.8 Å². The van der Waals surface area contributed by atoms with Gasteiger partial charge in [0.15, 0.2) is 0 Å². The number of phenolic OH excluding ortho intramolecular Hbond substituents is 1. The largest absolute Gasteiger partial charge is 0.508 e. The molecule has 29 heavy (non-hydrogen) atoms. The summed E-state index contributed by atoms with van der Waals surface area (Å²) >= 11 is 0. The number of benzene rings is 1. The van der Waals surface area contributed by atoms with Gasteiger partial charge in [-0.05, 0) is 97.3 Å². The topological polar surface area (TPSA) is 44.0 Å². The lowest BCUT2D eigenvalue weighted by Crippen LogP contribution is -2.36. The lowest BCUT2D eigenvalue weighted by Gasteiger charge is -2.43. The summed E-state index contributed by atoms with van der Waals surface area (Å²) < 4.78 is 0. The van der Waals surface area contributed by atoms with Crippen LogP contribution in [-0.2, 0) is 12.8 Å². The van der Waals surface area contributed by atoms with Crippen molar-refractivity contribution in [2.24, 2.45) is 29.1 Å². The van der Waals surface area contributed by atoms with E-state index in [9.17, 15) is 10.4 Å². The van der Waals surface area contributed by atoms with Crippen molar-refractivity contribution in [1.82, 2.24) is 0 Å². The average molecular weight is 394 g/mol. The van der Waals surface area contributed by atoms with E-state index in [1.165, 1.54) is 43.2 Å². The molecule has 158 valence electrons. The normalized spacial score (nSPS) is 30.3. The third-order valence-electron chi connectivity index (χ3n) is 8.47. The van der Waals surface area contributed by atoms with E-state index in [-0.39, 0.29) is 11.3 Å². The SMILES string of the molecule is C#C.CCc1cc2c(cc1O)CCC1CC(CC)C(C)(C(C)C(C)C#N)CCC21. The van der Waals surface area contributed by atoms with Gasteiger partial charge in [-0.3, -0.25) is 0 Å². The van der Waals surface area contributed by atoms with Gasteiger partial charge < -0.3 is 5.11 Å². The van der Waals surface area contributed by atoms with Crippen molar-refractivity contribution in [2.45, 2.75) is 85.5 Å². The molecular formula is C27H39NO. The number of terminal acetylenes is 1. The molecule has 0 bridgehead atoms. The van der Waals surface area contributed by atoms with Crippen molar-refractivity contribution in [3.8, 4) is 24.7 Å². The zero-order valence-electron chi connectivity index (χ0n) is 19.0. The number of nitrogens with zero attached hydrogens (tertiary/aromatic N) is 1. The molecule has 2 heteroatoms. The molecule has 0 radical (unpaired) electrons. The summed E-state index contributed by atoms with van der Waals surface area (Å²) in [6.07, 6.45) is 16.2. The molecule has 0 amide bonds. The van der Waals surface area contributed by atoms with Gasteiger partial charge in [-0.25, -0.2) is 0 Å². The number of rotatable bonds is 4. The van der Waals surface area contributed by atoms with Crippen LogP contribution in [0.15, 0.2) is 12.1 Å². The van der Waals surface area contributed by atoms with Crippen LogP contribution in [0, 0.1) is 53.3 Å². The Labute approximate surface area is 178 Å². The van der Waals surface area contributed by atoms with Crippen LogP contribution in [-0.4, -0.2) is 5.11 Å². The molecule has 2 nitrogen and oxygen atoms in total. The summed E-state index contributed by atoms with van der Waals surface area (Å²) in [6, 6.07) is 6.88. The third-order valence-corrected chi connectivity index (χ3v) is 8.47. The summed E-state index contributed by atoms with van der Waals surface area (Å²) in [4.78, 5) is 0. The molecule has 1 aromatic carbocycles. The van der Waals surface area contributed by atoms with Crippen molar-refractivity contribution in [2.75, 3.05) is 0 Å². The minimum Gasteiger partial charge on any atom is -0.508 e. The highest BCUT2D eigenvalue weighted by molar-refractivity contribution is 5.45. The van der Waals surface area contributed by atoms with E-state index in [1.807, 2.05) is 6.07 Å². The first kappa shape index (κ1) is 23.3. The predicted molar refractivity (Wildman–Crippen MR) is 122 cm³/mol. The molecule has 0 aliphatic heterocycles. The van der Waals surface area contributed by atoms with Gasteiger partial charge in [0, 0.05) is 5.92 Å². The fourth-order valence-corrected chi connectivity index (χ4v) is 6.23. The molecule has 6 atom stereocenters. The lowest BCUT2D eigenvalue weighted by molar-refractivity contribution is 0.0631. The van der Waals surface area contributed by atoms with Gasteiger partial charge in [-0.2, -0.15) is 5.26 Å². The monoisotopic (exact) mass is 393 g/mol. The van der Waals surface area contributed by atoms with Gasteiger partial charge in [0.05, 0.1) is 6.07 Å². The molecule has 0 aromatic heterocycles. The molecule has 6 unspecified atom stereocenters. The molecule has 0 heterocycles. The number of aryl methyl sites for hydroxylation is 2. The minimum absolute atomic E-state index is 0.111. The molecule has 1 aromatic rings. The number of aromatic hydroxyl groups is 1. The Bertz CT molecular complexity index is 758. The van der Waals surface area contributed by atoms with E-state index in [1.54, 1.807) is 0 Å². The van der Waals surface area contributed by atoms with E-state index >= 15 is 0 Å². The molecule has 1 saturated carbocycles. The maximum absolute atomic E-state index is 10.3. The van der Waals surface area contributed by atoms with E-state index < -0.39 is 0 Å². The Balaban J connectivity index is 0.00000145. The summed E-state index contributed by atoms with van der Waals surface area (Å²) in [6.45, 7) is 11.4.